The molecule has 1 aromatic heterocycles. The third kappa shape index (κ3) is 6.74. The topological polar surface area (TPSA) is 91.0 Å². The fourth-order valence-corrected chi connectivity index (χ4v) is 1.79. The van der Waals surface area contributed by atoms with Crippen LogP contribution in [-0.2, 0) is 14.3 Å². The summed E-state index contributed by atoms with van der Waals surface area (Å²) >= 11 is 0. The van der Waals surface area contributed by atoms with Crippen molar-refractivity contribution in [3.8, 4) is 29.6 Å². The molecule has 24 heavy (non-hydrogen) atoms. The van der Waals surface area contributed by atoms with Gasteiger partial charge in [-0.15, -0.1) is 0 Å². The number of aliphatic hydroxyl groups is 1. The lowest BCUT2D eigenvalue weighted by Gasteiger charge is -2.14. The van der Waals surface area contributed by atoms with Gasteiger partial charge in [0.15, 0.2) is 12.4 Å². The summed E-state index contributed by atoms with van der Waals surface area (Å²) in [6.45, 7) is 4.30. The number of rotatable bonds is 8. The summed E-state index contributed by atoms with van der Waals surface area (Å²) in [4.78, 5) is 11.8. The number of aromatic nitrogens is 1. The van der Waals surface area contributed by atoms with Crippen LogP contribution in [0.2, 0.25) is 0 Å². The minimum absolute atomic E-state index is 0.00127. The third-order valence-corrected chi connectivity index (χ3v) is 2.88. The number of carbonyl (C=O) groups excluding carboxylic acids is 1. The highest BCUT2D eigenvalue weighted by molar-refractivity contribution is 5.77. The van der Waals surface area contributed by atoms with Crippen molar-refractivity contribution in [3.63, 3.8) is 0 Å². The van der Waals surface area contributed by atoms with Gasteiger partial charge < -0.3 is 23.8 Å². The molecule has 130 valence electrons. The Bertz CT molecular complexity index is 629. The first kappa shape index (κ1) is 19.6. The Morgan fingerprint density at radius 1 is 1.33 bits per heavy atom. The largest absolute Gasteiger partial charge is 0.468 e. The van der Waals surface area contributed by atoms with E-state index < -0.39 is 5.92 Å². The quantitative estimate of drug-likeness (QED) is 0.430. The van der Waals surface area contributed by atoms with Gasteiger partial charge in [0.05, 0.1) is 20.3 Å². The first-order chi connectivity index (χ1) is 11.6. The van der Waals surface area contributed by atoms with Gasteiger partial charge in [0.25, 0.3) is 5.88 Å². The molecule has 0 spiro atoms. The molecule has 1 unspecified atom stereocenters. The van der Waals surface area contributed by atoms with Gasteiger partial charge in [-0.1, -0.05) is 19.8 Å². The van der Waals surface area contributed by atoms with E-state index in [1.165, 1.54) is 7.11 Å². The van der Waals surface area contributed by atoms with Crippen LogP contribution in [0.15, 0.2) is 10.6 Å². The molecule has 0 aliphatic heterocycles. The van der Waals surface area contributed by atoms with E-state index in [1.807, 2.05) is 13.8 Å². The minimum Gasteiger partial charge on any atom is -0.468 e. The minimum atomic E-state index is -0.532. The Morgan fingerprint density at radius 2 is 2.04 bits per heavy atom. The predicted octanol–water partition coefficient (Wildman–Crippen LogP) is 0.982. The van der Waals surface area contributed by atoms with Gasteiger partial charge in [0.1, 0.15) is 12.5 Å². The third-order valence-electron chi connectivity index (χ3n) is 2.88. The Hall–Kier alpha value is -2.48. The molecule has 0 saturated heterocycles. The molecule has 0 saturated carbocycles. The molecule has 1 heterocycles. The van der Waals surface area contributed by atoms with Crippen LogP contribution < -0.4 is 4.74 Å². The molecule has 0 aliphatic rings. The van der Waals surface area contributed by atoms with Crippen molar-refractivity contribution in [1.82, 2.24) is 5.16 Å². The van der Waals surface area contributed by atoms with Gasteiger partial charge in [-0.25, -0.2) is 0 Å². The predicted molar refractivity (Wildman–Crippen MR) is 85.0 cm³/mol. The summed E-state index contributed by atoms with van der Waals surface area (Å²) in [6, 6.07) is 1.55. The SMILES string of the molecule is COC(=O)C(c1cc(OCC#CC#CCOCCO)no1)C(C)C. The molecule has 7 heteroatoms. The van der Waals surface area contributed by atoms with Crippen LogP contribution in [0.1, 0.15) is 25.5 Å². The molecule has 0 fully saturated rings. The van der Waals surface area contributed by atoms with E-state index in [0.717, 1.165) is 0 Å². The van der Waals surface area contributed by atoms with Crippen LogP contribution in [0.4, 0.5) is 0 Å². The van der Waals surface area contributed by atoms with Crippen LogP contribution in [0.25, 0.3) is 0 Å². The van der Waals surface area contributed by atoms with E-state index >= 15 is 0 Å². The number of esters is 1. The van der Waals surface area contributed by atoms with Gasteiger partial charge in [-0.3, -0.25) is 4.79 Å². The van der Waals surface area contributed by atoms with E-state index in [2.05, 4.69) is 28.8 Å². The second-order valence-electron chi connectivity index (χ2n) is 4.98. The second kappa shape index (κ2) is 11.1. The maximum Gasteiger partial charge on any atom is 0.316 e. The Labute approximate surface area is 141 Å². The highest BCUT2D eigenvalue weighted by atomic mass is 16.5. The number of aliphatic hydroxyl groups excluding tert-OH is 1. The zero-order valence-electron chi connectivity index (χ0n) is 14.0. The molecule has 1 N–H and O–H groups in total. The zero-order valence-corrected chi connectivity index (χ0v) is 14.0. The van der Waals surface area contributed by atoms with E-state index in [9.17, 15) is 4.79 Å². The summed E-state index contributed by atoms with van der Waals surface area (Å²) < 4.78 is 20.2. The van der Waals surface area contributed by atoms with Crippen molar-refractivity contribution in [1.29, 1.82) is 0 Å². The normalized spacial score (nSPS) is 11.0. The summed E-state index contributed by atoms with van der Waals surface area (Å²) in [5.41, 5.74) is 0. The summed E-state index contributed by atoms with van der Waals surface area (Å²) in [5.74, 6) is 10.3. The molecular weight excluding hydrogens is 314 g/mol. The molecule has 1 rings (SSSR count). The monoisotopic (exact) mass is 335 g/mol. The summed E-state index contributed by atoms with van der Waals surface area (Å²) in [6.07, 6.45) is 0. The molecule has 0 bridgehead atoms. The molecule has 1 atom stereocenters. The highest BCUT2D eigenvalue weighted by Gasteiger charge is 2.29. The van der Waals surface area contributed by atoms with Crippen LogP contribution in [0.5, 0.6) is 5.88 Å². The number of hydrogen-bond acceptors (Lipinski definition) is 7. The van der Waals surface area contributed by atoms with E-state index in [0.29, 0.717) is 5.76 Å². The maximum absolute atomic E-state index is 11.8. The Balaban J connectivity index is 2.49. The van der Waals surface area contributed by atoms with Crippen molar-refractivity contribution in [3.05, 3.63) is 11.8 Å². The number of hydrogen-bond donors (Lipinski definition) is 1. The van der Waals surface area contributed by atoms with Crippen molar-refractivity contribution in [2.24, 2.45) is 5.92 Å². The lowest BCUT2D eigenvalue weighted by atomic mass is 9.93. The average Bonchev–Trinajstić information content (AvgIpc) is 3.01. The van der Waals surface area contributed by atoms with Crippen LogP contribution >= 0.6 is 0 Å². The number of methoxy groups -OCH3 is 1. The fraction of sp³-hybridized carbons (Fsp3) is 0.529. The van der Waals surface area contributed by atoms with Crippen molar-refractivity contribution in [2.45, 2.75) is 19.8 Å². The van der Waals surface area contributed by atoms with Crippen LogP contribution in [-0.4, -0.2) is 49.8 Å². The number of nitrogens with zero attached hydrogens (tertiary/aromatic N) is 1. The van der Waals surface area contributed by atoms with Crippen molar-refractivity contribution < 1.29 is 28.6 Å². The molecule has 1 aromatic rings. The van der Waals surface area contributed by atoms with Gasteiger partial charge in [-0.05, 0) is 28.8 Å². The molecule has 0 radical (unpaired) electrons. The first-order valence-electron chi connectivity index (χ1n) is 7.41. The molecular formula is C17H21NO6. The van der Waals surface area contributed by atoms with Crippen molar-refractivity contribution >= 4 is 5.97 Å². The lowest BCUT2D eigenvalue weighted by Crippen LogP contribution is -2.19. The number of ether oxygens (including phenoxy) is 3. The second-order valence-corrected chi connectivity index (χ2v) is 4.98. The molecule has 0 aliphatic carbocycles. The van der Waals surface area contributed by atoms with E-state index in [4.69, 9.17) is 23.8 Å². The highest BCUT2D eigenvalue weighted by Crippen LogP contribution is 2.28. The number of carbonyl (C=O) groups is 1. The van der Waals surface area contributed by atoms with Gasteiger partial charge in [0.2, 0.25) is 0 Å². The smallest absolute Gasteiger partial charge is 0.316 e. The van der Waals surface area contributed by atoms with Gasteiger partial charge >= 0.3 is 5.97 Å². The van der Waals surface area contributed by atoms with Crippen LogP contribution in [0, 0.1) is 29.6 Å². The summed E-state index contributed by atoms with van der Waals surface area (Å²) in [5, 5.41) is 12.3. The maximum atomic E-state index is 11.8. The van der Waals surface area contributed by atoms with Crippen LogP contribution in [0.3, 0.4) is 0 Å². The first-order valence-corrected chi connectivity index (χ1v) is 7.41. The Morgan fingerprint density at radius 3 is 2.67 bits per heavy atom. The van der Waals surface area contributed by atoms with Gasteiger partial charge in [0, 0.05) is 6.07 Å². The zero-order chi connectivity index (χ0) is 17.8. The fourth-order valence-electron chi connectivity index (χ4n) is 1.79. The van der Waals surface area contributed by atoms with Gasteiger partial charge in [-0.2, -0.15) is 0 Å². The summed E-state index contributed by atoms with van der Waals surface area (Å²) in [7, 11) is 1.33. The van der Waals surface area contributed by atoms with E-state index in [-0.39, 0.29) is 44.2 Å². The molecule has 0 amide bonds. The van der Waals surface area contributed by atoms with Crippen molar-refractivity contribution in [2.75, 3.05) is 33.5 Å². The average molecular weight is 335 g/mol. The molecule has 0 aromatic carbocycles. The lowest BCUT2D eigenvalue weighted by molar-refractivity contribution is -0.144. The Kier molecular flexibility index (Phi) is 9.06. The molecule has 7 nitrogen and oxygen atoms in total. The standard InChI is InChI=1S/C17H21NO6/c1-13(2)16(17(20)21-3)14-12-15(18-24-14)23-10-7-5-4-6-9-22-11-8-19/h12-13,16,19H,8-11H2,1-3H3. The van der Waals surface area contributed by atoms with E-state index in [1.54, 1.807) is 6.07 Å².